The molecule has 0 unspecified atom stereocenters. The summed E-state index contributed by atoms with van der Waals surface area (Å²) in [5, 5.41) is 0. The molecule has 1 aliphatic rings. The Kier molecular flexibility index (Phi) is 3.47. The second-order valence-electron chi connectivity index (χ2n) is 4.08. The van der Waals surface area contributed by atoms with Crippen LogP contribution < -0.4 is 0 Å². The smallest absolute Gasteiger partial charge is 0.312 e. The highest BCUT2D eigenvalue weighted by Gasteiger charge is 2.29. The van der Waals surface area contributed by atoms with E-state index in [2.05, 4.69) is 15.9 Å². The molecule has 0 bridgehead atoms. The molecule has 0 saturated carbocycles. The summed E-state index contributed by atoms with van der Waals surface area (Å²) < 4.78 is 0.975. The van der Waals surface area contributed by atoms with Crippen LogP contribution in [0.15, 0.2) is 28.7 Å². The molecule has 5 heteroatoms. The lowest BCUT2D eigenvalue weighted by Crippen LogP contribution is -2.52. The summed E-state index contributed by atoms with van der Waals surface area (Å²) in [5.74, 6) is -0.843. The summed E-state index contributed by atoms with van der Waals surface area (Å²) in [6.45, 7) is 1.67. The van der Waals surface area contributed by atoms with Crippen LogP contribution in [0.1, 0.15) is 5.56 Å². The SMILES string of the molecule is CN1CCN(Cc2cccc(Br)c2)C(=O)C1=O. The molecule has 1 aromatic carbocycles. The number of likely N-dealkylation sites (N-methyl/N-ethyl adjacent to an activating group) is 1. The van der Waals surface area contributed by atoms with E-state index in [-0.39, 0.29) is 0 Å². The number of halogens is 1. The van der Waals surface area contributed by atoms with E-state index < -0.39 is 11.8 Å². The first kappa shape index (κ1) is 12.1. The first-order chi connectivity index (χ1) is 8.08. The van der Waals surface area contributed by atoms with Crippen molar-refractivity contribution in [2.45, 2.75) is 6.54 Å². The van der Waals surface area contributed by atoms with Crippen molar-refractivity contribution in [1.82, 2.24) is 9.80 Å². The van der Waals surface area contributed by atoms with Gasteiger partial charge in [-0.3, -0.25) is 9.59 Å². The van der Waals surface area contributed by atoms with E-state index in [1.165, 1.54) is 4.90 Å². The van der Waals surface area contributed by atoms with Crippen molar-refractivity contribution < 1.29 is 9.59 Å². The summed E-state index contributed by atoms with van der Waals surface area (Å²) in [6, 6.07) is 7.75. The lowest BCUT2D eigenvalue weighted by molar-refractivity contribution is -0.155. The molecule has 2 amide bonds. The van der Waals surface area contributed by atoms with Crippen molar-refractivity contribution in [3.05, 3.63) is 34.3 Å². The molecule has 1 aromatic rings. The van der Waals surface area contributed by atoms with Gasteiger partial charge in [-0.2, -0.15) is 0 Å². The van der Waals surface area contributed by atoms with Crippen LogP contribution in [-0.2, 0) is 16.1 Å². The normalized spacial score (nSPS) is 16.6. The van der Waals surface area contributed by atoms with Crippen LogP contribution in [-0.4, -0.2) is 41.8 Å². The molecule has 2 rings (SSSR count). The van der Waals surface area contributed by atoms with Crippen molar-refractivity contribution in [3.8, 4) is 0 Å². The molecule has 90 valence electrons. The van der Waals surface area contributed by atoms with E-state index in [1.54, 1.807) is 11.9 Å². The number of carbonyl (C=O) groups excluding carboxylic acids is 2. The van der Waals surface area contributed by atoms with Gasteiger partial charge < -0.3 is 9.80 Å². The quantitative estimate of drug-likeness (QED) is 0.771. The molecule has 0 radical (unpaired) electrons. The fraction of sp³-hybridized carbons (Fsp3) is 0.333. The van der Waals surface area contributed by atoms with Gasteiger partial charge in [-0.1, -0.05) is 28.1 Å². The molecule has 4 nitrogen and oxygen atoms in total. The summed E-state index contributed by atoms with van der Waals surface area (Å²) in [4.78, 5) is 26.3. The molecule has 17 heavy (non-hydrogen) atoms. The third-order valence-electron chi connectivity index (χ3n) is 2.78. The predicted molar refractivity (Wildman–Crippen MR) is 67.2 cm³/mol. The molecule has 0 N–H and O–H groups in total. The highest BCUT2D eigenvalue weighted by molar-refractivity contribution is 9.10. The fourth-order valence-corrected chi connectivity index (χ4v) is 2.23. The van der Waals surface area contributed by atoms with E-state index in [0.29, 0.717) is 19.6 Å². The van der Waals surface area contributed by atoms with Gasteiger partial charge in [-0.05, 0) is 17.7 Å². The Morgan fingerprint density at radius 3 is 2.71 bits per heavy atom. The van der Waals surface area contributed by atoms with Gasteiger partial charge in [-0.15, -0.1) is 0 Å². The van der Waals surface area contributed by atoms with Crippen molar-refractivity contribution in [2.75, 3.05) is 20.1 Å². The standard InChI is InChI=1S/C12H13BrN2O2/c1-14-5-6-15(12(17)11(14)16)8-9-3-2-4-10(13)7-9/h2-4,7H,5-6,8H2,1H3. The number of rotatable bonds is 2. The van der Waals surface area contributed by atoms with E-state index in [0.717, 1.165) is 10.0 Å². The Labute approximate surface area is 108 Å². The first-order valence-corrected chi connectivity index (χ1v) is 6.16. The average Bonchev–Trinajstić information content (AvgIpc) is 2.30. The van der Waals surface area contributed by atoms with Gasteiger partial charge in [0.15, 0.2) is 0 Å². The average molecular weight is 297 g/mol. The molecule has 1 fully saturated rings. The second kappa shape index (κ2) is 4.87. The number of nitrogens with zero attached hydrogens (tertiary/aromatic N) is 2. The van der Waals surface area contributed by atoms with E-state index in [4.69, 9.17) is 0 Å². The van der Waals surface area contributed by atoms with Crippen LogP contribution in [0, 0.1) is 0 Å². The highest BCUT2D eigenvalue weighted by Crippen LogP contribution is 2.14. The highest BCUT2D eigenvalue weighted by atomic mass is 79.9. The maximum absolute atomic E-state index is 11.7. The minimum Gasteiger partial charge on any atom is -0.336 e. The lowest BCUT2D eigenvalue weighted by atomic mass is 10.2. The third-order valence-corrected chi connectivity index (χ3v) is 3.28. The summed E-state index contributed by atoms with van der Waals surface area (Å²) >= 11 is 3.38. The molecular weight excluding hydrogens is 284 g/mol. The zero-order valence-corrected chi connectivity index (χ0v) is 11.1. The minimum absolute atomic E-state index is 0.418. The molecule has 0 aliphatic carbocycles. The van der Waals surface area contributed by atoms with Crippen LogP contribution in [0.3, 0.4) is 0 Å². The minimum atomic E-state index is -0.425. The van der Waals surface area contributed by atoms with Gasteiger partial charge >= 0.3 is 11.8 Å². The van der Waals surface area contributed by atoms with E-state index in [1.807, 2.05) is 24.3 Å². The maximum Gasteiger partial charge on any atom is 0.312 e. The van der Waals surface area contributed by atoms with Gasteiger partial charge in [0.25, 0.3) is 0 Å². The van der Waals surface area contributed by atoms with Gasteiger partial charge in [0.05, 0.1) is 0 Å². The van der Waals surface area contributed by atoms with Crippen LogP contribution in [0.4, 0.5) is 0 Å². The van der Waals surface area contributed by atoms with Crippen LogP contribution >= 0.6 is 15.9 Å². The Morgan fingerprint density at radius 1 is 1.24 bits per heavy atom. The van der Waals surface area contributed by atoms with Gasteiger partial charge in [0.2, 0.25) is 0 Å². The fourth-order valence-electron chi connectivity index (χ4n) is 1.78. The summed E-state index contributed by atoms with van der Waals surface area (Å²) in [7, 11) is 1.65. The zero-order chi connectivity index (χ0) is 12.4. The molecular formula is C12H13BrN2O2. The maximum atomic E-state index is 11.7. The molecule has 0 aromatic heterocycles. The topological polar surface area (TPSA) is 40.6 Å². The molecule has 1 aliphatic heterocycles. The number of benzene rings is 1. The van der Waals surface area contributed by atoms with Gasteiger partial charge in [-0.25, -0.2) is 0 Å². The number of hydrogen-bond donors (Lipinski definition) is 0. The Bertz CT molecular complexity index is 462. The number of hydrogen-bond acceptors (Lipinski definition) is 2. The van der Waals surface area contributed by atoms with Gasteiger partial charge in [0, 0.05) is 31.2 Å². The number of carbonyl (C=O) groups is 2. The van der Waals surface area contributed by atoms with E-state index >= 15 is 0 Å². The molecule has 0 spiro atoms. The largest absolute Gasteiger partial charge is 0.336 e. The Morgan fingerprint density at radius 2 is 2.00 bits per heavy atom. The van der Waals surface area contributed by atoms with Crippen molar-refractivity contribution >= 4 is 27.7 Å². The zero-order valence-electron chi connectivity index (χ0n) is 9.52. The van der Waals surface area contributed by atoms with Crippen molar-refractivity contribution in [1.29, 1.82) is 0 Å². The Hall–Kier alpha value is -1.36. The van der Waals surface area contributed by atoms with Gasteiger partial charge in [0.1, 0.15) is 0 Å². The van der Waals surface area contributed by atoms with E-state index in [9.17, 15) is 9.59 Å². The monoisotopic (exact) mass is 296 g/mol. The number of piperazine rings is 1. The summed E-state index contributed by atoms with van der Waals surface area (Å²) in [5.41, 5.74) is 1.02. The van der Waals surface area contributed by atoms with Crippen LogP contribution in [0.5, 0.6) is 0 Å². The third kappa shape index (κ3) is 2.66. The molecule has 0 atom stereocenters. The van der Waals surface area contributed by atoms with Crippen molar-refractivity contribution in [2.24, 2.45) is 0 Å². The Balaban J connectivity index is 2.09. The molecule has 1 saturated heterocycles. The summed E-state index contributed by atoms with van der Waals surface area (Å²) in [6.07, 6.45) is 0. The van der Waals surface area contributed by atoms with Crippen LogP contribution in [0.25, 0.3) is 0 Å². The van der Waals surface area contributed by atoms with Crippen LogP contribution in [0.2, 0.25) is 0 Å². The molecule has 1 heterocycles. The predicted octanol–water partition coefficient (Wildman–Crippen LogP) is 1.25. The lowest BCUT2D eigenvalue weighted by Gasteiger charge is -2.31. The first-order valence-electron chi connectivity index (χ1n) is 5.37. The second-order valence-corrected chi connectivity index (χ2v) is 5.00. The van der Waals surface area contributed by atoms with Crippen molar-refractivity contribution in [3.63, 3.8) is 0 Å². The number of amides is 2.